The van der Waals surface area contributed by atoms with E-state index < -0.39 is 0 Å². The first kappa shape index (κ1) is 12.9. The molecular weight excluding hydrogens is 265 g/mol. The standard InChI is InChI=1S/C14H17ClFN3/c1-9(15)14-17-12-4-3-10(16)7-13(12)19(14)11-5-6-18(2)8-11/h3-4,7,9,11H,5-6,8H2,1-2H3. The minimum atomic E-state index is -0.228. The average molecular weight is 282 g/mol. The Morgan fingerprint density at radius 2 is 2.26 bits per heavy atom. The fourth-order valence-corrected chi connectivity index (χ4v) is 3.03. The monoisotopic (exact) mass is 281 g/mol. The molecule has 0 radical (unpaired) electrons. The van der Waals surface area contributed by atoms with Gasteiger partial charge in [0.1, 0.15) is 11.6 Å². The predicted octanol–water partition coefficient (Wildman–Crippen LogP) is 3.35. The second-order valence-electron chi connectivity index (χ2n) is 5.29. The zero-order valence-electron chi connectivity index (χ0n) is 11.1. The fraction of sp³-hybridized carbons (Fsp3) is 0.500. The van der Waals surface area contributed by atoms with Gasteiger partial charge in [-0.1, -0.05) is 0 Å². The molecule has 0 bridgehead atoms. The highest BCUT2D eigenvalue weighted by molar-refractivity contribution is 6.20. The van der Waals surface area contributed by atoms with Crippen LogP contribution in [0.5, 0.6) is 0 Å². The second kappa shape index (κ2) is 4.76. The number of nitrogens with zero attached hydrogens (tertiary/aromatic N) is 3. The van der Waals surface area contributed by atoms with Gasteiger partial charge in [-0.25, -0.2) is 9.37 Å². The van der Waals surface area contributed by atoms with Crippen LogP contribution in [-0.4, -0.2) is 34.6 Å². The topological polar surface area (TPSA) is 21.1 Å². The molecular formula is C14H17ClFN3. The second-order valence-corrected chi connectivity index (χ2v) is 5.95. The molecule has 0 amide bonds. The zero-order chi connectivity index (χ0) is 13.6. The van der Waals surface area contributed by atoms with Gasteiger partial charge in [0.25, 0.3) is 0 Å². The van der Waals surface area contributed by atoms with Gasteiger partial charge < -0.3 is 9.47 Å². The van der Waals surface area contributed by atoms with Crippen LogP contribution in [-0.2, 0) is 0 Å². The molecule has 1 aromatic heterocycles. The quantitative estimate of drug-likeness (QED) is 0.787. The molecule has 1 fully saturated rings. The van der Waals surface area contributed by atoms with Gasteiger partial charge in [0.2, 0.25) is 0 Å². The lowest BCUT2D eigenvalue weighted by Gasteiger charge is -2.17. The molecule has 1 aliphatic heterocycles. The molecule has 0 aliphatic carbocycles. The van der Waals surface area contributed by atoms with E-state index in [1.165, 1.54) is 6.07 Å². The van der Waals surface area contributed by atoms with E-state index in [4.69, 9.17) is 11.6 Å². The number of hydrogen-bond donors (Lipinski definition) is 0. The number of likely N-dealkylation sites (tertiary alicyclic amines) is 1. The Kier molecular flexibility index (Phi) is 3.23. The van der Waals surface area contributed by atoms with E-state index in [2.05, 4.69) is 21.5 Å². The van der Waals surface area contributed by atoms with Crippen molar-refractivity contribution in [2.75, 3.05) is 20.1 Å². The van der Waals surface area contributed by atoms with E-state index in [1.807, 2.05) is 6.92 Å². The maximum Gasteiger partial charge on any atom is 0.128 e. The Morgan fingerprint density at radius 1 is 1.47 bits per heavy atom. The van der Waals surface area contributed by atoms with Crippen LogP contribution in [0.2, 0.25) is 0 Å². The number of likely N-dealkylation sites (N-methyl/N-ethyl adjacent to an activating group) is 1. The number of rotatable bonds is 2. The Balaban J connectivity index is 2.18. The van der Waals surface area contributed by atoms with Gasteiger partial charge in [-0.15, -0.1) is 11.6 Å². The largest absolute Gasteiger partial charge is 0.322 e. The maximum atomic E-state index is 13.5. The van der Waals surface area contributed by atoms with E-state index in [-0.39, 0.29) is 11.2 Å². The van der Waals surface area contributed by atoms with Crippen molar-refractivity contribution < 1.29 is 4.39 Å². The number of aromatic nitrogens is 2. The first-order chi connectivity index (χ1) is 9.06. The Bertz CT molecular complexity index is 608. The SMILES string of the molecule is CC(Cl)c1nc2ccc(F)cc2n1C1CCN(C)C1. The summed E-state index contributed by atoms with van der Waals surface area (Å²) < 4.78 is 15.6. The predicted molar refractivity (Wildman–Crippen MR) is 75.1 cm³/mol. The number of imidazole rings is 1. The first-order valence-corrected chi connectivity index (χ1v) is 7.00. The van der Waals surface area contributed by atoms with Crippen LogP contribution in [0.25, 0.3) is 11.0 Å². The van der Waals surface area contributed by atoms with Gasteiger partial charge in [0, 0.05) is 12.6 Å². The average Bonchev–Trinajstić information content (AvgIpc) is 2.92. The van der Waals surface area contributed by atoms with E-state index in [0.717, 1.165) is 36.4 Å². The van der Waals surface area contributed by atoms with Crippen molar-refractivity contribution in [3.05, 3.63) is 29.8 Å². The molecule has 19 heavy (non-hydrogen) atoms. The lowest BCUT2D eigenvalue weighted by atomic mass is 10.2. The van der Waals surface area contributed by atoms with Crippen molar-refractivity contribution in [1.29, 1.82) is 0 Å². The first-order valence-electron chi connectivity index (χ1n) is 6.56. The highest BCUT2D eigenvalue weighted by Gasteiger charge is 2.26. The molecule has 0 N–H and O–H groups in total. The minimum absolute atomic E-state index is 0.179. The van der Waals surface area contributed by atoms with E-state index >= 15 is 0 Å². The summed E-state index contributed by atoms with van der Waals surface area (Å²) in [6.45, 7) is 3.92. The molecule has 2 aromatic rings. The van der Waals surface area contributed by atoms with Crippen LogP contribution in [0.4, 0.5) is 4.39 Å². The number of halogens is 2. The van der Waals surface area contributed by atoms with Gasteiger partial charge in [0.05, 0.1) is 16.4 Å². The van der Waals surface area contributed by atoms with Gasteiger partial charge in [-0.3, -0.25) is 0 Å². The zero-order valence-corrected chi connectivity index (χ0v) is 11.9. The number of alkyl halides is 1. The summed E-state index contributed by atoms with van der Waals surface area (Å²) in [4.78, 5) is 6.85. The fourth-order valence-electron chi connectivity index (χ4n) is 2.87. The summed E-state index contributed by atoms with van der Waals surface area (Å²) in [6.07, 6.45) is 1.05. The van der Waals surface area contributed by atoms with E-state index in [0.29, 0.717) is 6.04 Å². The molecule has 0 spiro atoms. The molecule has 102 valence electrons. The third-order valence-corrected chi connectivity index (χ3v) is 3.96. The van der Waals surface area contributed by atoms with Crippen molar-refractivity contribution in [1.82, 2.24) is 14.5 Å². The van der Waals surface area contributed by atoms with Crippen LogP contribution in [0.15, 0.2) is 18.2 Å². The smallest absolute Gasteiger partial charge is 0.128 e. The molecule has 2 unspecified atom stereocenters. The lowest BCUT2D eigenvalue weighted by molar-refractivity contribution is 0.392. The summed E-state index contributed by atoms with van der Waals surface area (Å²) in [5.74, 6) is 0.608. The summed E-state index contributed by atoms with van der Waals surface area (Å²) in [7, 11) is 2.10. The molecule has 1 aliphatic rings. The molecule has 1 aromatic carbocycles. The molecule has 0 saturated carbocycles. The van der Waals surface area contributed by atoms with Crippen molar-refractivity contribution in [3.8, 4) is 0 Å². The molecule has 3 rings (SSSR count). The lowest BCUT2D eigenvalue weighted by Crippen LogP contribution is -2.18. The Morgan fingerprint density at radius 3 is 2.89 bits per heavy atom. The van der Waals surface area contributed by atoms with Gasteiger partial charge in [0.15, 0.2) is 0 Å². The normalized spacial score (nSPS) is 22.2. The van der Waals surface area contributed by atoms with Gasteiger partial charge >= 0.3 is 0 Å². The molecule has 2 heterocycles. The van der Waals surface area contributed by atoms with Crippen LogP contribution in [0, 0.1) is 5.82 Å². The Labute approximate surface area is 117 Å². The summed E-state index contributed by atoms with van der Waals surface area (Å²) in [6, 6.07) is 5.06. The van der Waals surface area contributed by atoms with E-state index in [1.54, 1.807) is 12.1 Å². The number of fused-ring (bicyclic) bond motifs is 1. The molecule has 2 atom stereocenters. The maximum absolute atomic E-state index is 13.5. The third-order valence-electron chi connectivity index (χ3n) is 3.77. The van der Waals surface area contributed by atoms with Gasteiger partial charge in [-0.2, -0.15) is 0 Å². The highest BCUT2D eigenvalue weighted by Crippen LogP contribution is 2.32. The number of benzene rings is 1. The molecule has 5 heteroatoms. The minimum Gasteiger partial charge on any atom is -0.322 e. The van der Waals surface area contributed by atoms with Crippen molar-refractivity contribution in [3.63, 3.8) is 0 Å². The summed E-state index contributed by atoms with van der Waals surface area (Å²) >= 11 is 6.24. The van der Waals surface area contributed by atoms with Crippen molar-refractivity contribution in [2.24, 2.45) is 0 Å². The van der Waals surface area contributed by atoms with Gasteiger partial charge in [-0.05, 0) is 45.1 Å². The summed E-state index contributed by atoms with van der Waals surface area (Å²) in [5, 5.41) is -0.179. The van der Waals surface area contributed by atoms with Crippen LogP contribution >= 0.6 is 11.6 Å². The van der Waals surface area contributed by atoms with Crippen molar-refractivity contribution >= 4 is 22.6 Å². The van der Waals surface area contributed by atoms with Crippen LogP contribution in [0.3, 0.4) is 0 Å². The van der Waals surface area contributed by atoms with Crippen LogP contribution < -0.4 is 0 Å². The highest BCUT2D eigenvalue weighted by atomic mass is 35.5. The molecule has 3 nitrogen and oxygen atoms in total. The van der Waals surface area contributed by atoms with E-state index in [9.17, 15) is 4.39 Å². The summed E-state index contributed by atoms with van der Waals surface area (Å²) in [5.41, 5.74) is 1.67. The van der Waals surface area contributed by atoms with Crippen LogP contribution in [0.1, 0.15) is 30.6 Å². The number of hydrogen-bond acceptors (Lipinski definition) is 2. The third kappa shape index (κ3) is 2.23. The Hall–Kier alpha value is -1.13. The van der Waals surface area contributed by atoms with Crippen molar-refractivity contribution in [2.45, 2.75) is 24.8 Å². The molecule has 1 saturated heterocycles.